The summed E-state index contributed by atoms with van der Waals surface area (Å²) in [7, 11) is 0. The fourth-order valence-corrected chi connectivity index (χ4v) is 2.51. The summed E-state index contributed by atoms with van der Waals surface area (Å²) < 4.78 is 5.54. The fourth-order valence-electron chi connectivity index (χ4n) is 2.51. The molecule has 0 unspecified atom stereocenters. The van der Waals surface area contributed by atoms with Crippen LogP contribution in [-0.4, -0.2) is 26.3 Å². The molecule has 1 aliphatic carbocycles. The minimum Gasteiger partial charge on any atom is -0.380 e. The molecule has 0 heterocycles. The van der Waals surface area contributed by atoms with E-state index in [1.54, 1.807) is 0 Å². The molecule has 1 saturated carbocycles. The zero-order valence-electron chi connectivity index (χ0n) is 12.0. The Labute approximate surface area is 108 Å². The third kappa shape index (κ3) is 7.77. The maximum atomic E-state index is 5.54. The Morgan fingerprint density at radius 2 is 1.82 bits per heavy atom. The normalized spacial score (nSPS) is 25.4. The molecule has 0 aromatic rings. The lowest BCUT2D eigenvalue weighted by molar-refractivity contribution is 0.111. The third-order valence-electron chi connectivity index (χ3n) is 3.74. The van der Waals surface area contributed by atoms with Crippen molar-refractivity contribution in [2.45, 2.75) is 52.9 Å². The molecule has 0 atom stereocenters. The van der Waals surface area contributed by atoms with E-state index in [0.29, 0.717) is 5.92 Å². The van der Waals surface area contributed by atoms with Crippen LogP contribution in [-0.2, 0) is 4.74 Å². The highest BCUT2D eigenvalue weighted by atomic mass is 16.5. The van der Waals surface area contributed by atoms with Crippen molar-refractivity contribution in [2.75, 3.05) is 26.3 Å². The predicted molar refractivity (Wildman–Crippen MR) is 74.3 cm³/mol. The average Bonchev–Trinajstić information content (AvgIpc) is 2.30. The molecule has 0 bridgehead atoms. The zero-order chi connectivity index (χ0) is 12.5. The van der Waals surface area contributed by atoms with Crippen LogP contribution in [0.3, 0.4) is 0 Å². The molecule has 0 aromatic carbocycles. The third-order valence-corrected chi connectivity index (χ3v) is 3.74. The van der Waals surface area contributed by atoms with Gasteiger partial charge in [0.2, 0.25) is 0 Å². The maximum Gasteiger partial charge on any atom is 0.0591 e. The highest BCUT2D eigenvalue weighted by Crippen LogP contribution is 2.29. The summed E-state index contributed by atoms with van der Waals surface area (Å²) >= 11 is 0. The Morgan fingerprint density at radius 3 is 2.47 bits per heavy atom. The van der Waals surface area contributed by atoms with Crippen LogP contribution in [0.5, 0.6) is 0 Å². The molecular weight excluding hydrogens is 210 g/mol. The molecule has 1 N–H and O–H groups in total. The summed E-state index contributed by atoms with van der Waals surface area (Å²) in [5, 5.41) is 3.49. The molecule has 0 aromatic heterocycles. The number of hydrogen-bond acceptors (Lipinski definition) is 2. The molecule has 2 nitrogen and oxygen atoms in total. The van der Waals surface area contributed by atoms with Gasteiger partial charge in [-0.2, -0.15) is 0 Å². The first-order chi connectivity index (χ1) is 8.18. The lowest BCUT2D eigenvalue weighted by atomic mass is 9.81. The van der Waals surface area contributed by atoms with Crippen molar-refractivity contribution >= 4 is 0 Å². The van der Waals surface area contributed by atoms with E-state index in [-0.39, 0.29) is 0 Å². The second-order valence-electron chi connectivity index (χ2n) is 6.13. The summed E-state index contributed by atoms with van der Waals surface area (Å²) in [6.07, 6.45) is 7.15. The van der Waals surface area contributed by atoms with E-state index < -0.39 is 0 Å². The van der Waals surface area contributed by atoms with Gasteiger partial charge in [0, 0.05) is 13.2 Å². The van der Waals surface area contributed by atoms with Gasteiger partial charge in [-0.1, -0.05) is 46.5 Å². The van der Waals surface area contributed by atoms with Gasteiger partial charge in [0.25, 0.3) is 0 Å². The minimum atomic E-state index is 0.652. The highest BCUT2D eigenvalue weighted by molar-refractivity contribution is 4.70. The molecule has 0 aliphatic heterocycles. The molecular formula is C15H31NO. The van der Waals surface area contributed by atoms with Gasteiger partial charge < -0.3 is 10.1 Å². The first-order valence-corrected chi connectivity index (χ1v) is 7.47. The smallest absolute Gasteiger partial charge is 0.0591 e. The maximum absolute atomic E-state index is 5.54. The quantitative estimate of drug-likeness (QED) is 0.657. The van der Waals surface area contributed by atoms with Crippen molar-refractivity contribution in [3.8, 4) is 0 Å². The summed E-state index contributed by atoms with van der Waals surface area (Å²) in [5.74, 6) is 2.61. The van der Waals surface area contributed by atoms with E-state index in [4.69, 9.17) is 4.74 Å². The van der Waals surface area contributed by atoms with Gasteiger partial charge in [0.15, 0.2) is 0 Å². The van der Waals surface area contributed by atoms with Gasteiger partial charge in [-0.25, -0.2) is 0 Å². The molecule has 102 valence electrons. The first-order valence-electron chi connectivity index (χ1n) is 7.47. The summed E-state index contributed by atoms with van der Waals surface area (Å²) in [6.45, 7) is 10.7. The molecule has 17 heavy (non-hydrogen) atoms. The molecule has 0 saturated heterocycles. The number of ether oxygens (including phenoxy) is 1. The van der Waals surface area contributed by atoms with Crippen LogP contribution in [0.15, 0.2) is 0 Å². The second-order valence-corrected chi connectivity index (χ2v) is 6.13. The van der Waals surface area contributed by atoms with Crippen molar-refractivity contribution in [2.24, 2.45) is 17.8 Å². The monoisotopic (exact) mass is 241 g/mol. The molecule has 0 spiro atoms. The molecule has 1 fully saturated rings. The summed E-state index contributed by atoms with van der Waals surface area (Å²) in [4.78, 5) is 0. The van der Waals surface area contributed by atoms with Crippen molar-refractivity contribution < 1.29 is 4.74 Å². The van der Waals surface area contributed by atoms with Crippen molar-refractivity contribution in [3.05, 3.63) is 0 Å². The van der Waals surface area contributed by atoms with Crippen LogP contribution < -0.4 is 5.32 Å². The Hall–Kier alpha value is -0.0800. The van der Waals surface area contributed by atoms with Gasteiger partial charge in [-0.3, -0.25) is 0 Å². The van der Waals surface area contributed by atoms with E-state index in [1.165, 1.54) is 38.6 Å². The SMILES string of the molecule is CC(C)COCCNCCC1CCC(C)CC1. The first kappa shape index (κ1) is 15.0. The largest absolute Gasteiger partial charge is 0.380 e. The topological polar surface area (TPSA) is 21.3 Å². The molecule has 1 rings (SSSR count). The minimum absolute atomic E-state index is 0.652. The Morgan fingerprint density at radius 1 is 1.12 bits per heavy atom. The summed E-state index contributed by atoms with van der Waals surface area (Å²) in [6, 6.07) is 0. The van der Waals surface area contributed by atoms with Gasteiger partial charge in [0.1, 0.15) is 0 Å². The van der Waals surface area contributed by atoms with Crippen molar-refractivity contribution in [1.29, 1.82) is 0 Å². The van der Waals surface area contributed by atoms with Gasteiger partial charge >= 0.3 is 0 Å². The van der Waals surface area contributed by atoms with Gasteiger partial charge in [-0.05, 0) is 30.7 Å². The molecule has 1 aliphatic rings. The van der Waals surface area contributed by atoms with Crippen LogP contribution in [0.4, 0.5) is 0 Å². The van der Waals surface area contributed by atoms with Crippen LogP contribution in [0.2, 0.25) is 0 Å². The second kappa shape index (κ2) is 8.93. The van der Waals surface area contributed by atoms with Gasteiger partial charge in [0.05, 0.1) is 6.61 Å². The van der Waals surface area contributed by atoms with Crippen LogP contribution in [0, 0.1) is 17.8 Å². The number of rotatable bonds is 8. The highest BCUT2D eigenvalue weighted by Gasteiger charge is 2.17. The van der Waals surface area contributed by atoms with E-state index in [1.807, 2.05) is 0 Å². The lowest BCUT2D eigenvalue weighted by Gasteiger charge is -2.26. The van der Waals surface area contributed by atoms with Crippen molar-refractivity contribution in [1.82, 2.24) is 5.32 Å². The van der Waals surface area contributed by atoms with E-state index in [2.05, 4.69) is 26.1 Å². The molecule has 0 amide bonds. The van der Waals surface area contributed by atoms with E-state index >= 15 is 0 Å². The average molecular weight is 241 g/mol. The summed E-state index contributed by atoms with van der Waals surface area (Å²) in [5.41, 5.74) is 0. The number of nitrogens with one attached hydrogen (secondary N) is 1. The lowest BCUT2D eigenvalue weighted by Crippen LogP contribution is -2.24. The Balaban J connectivity index is 1.84. The van der Waals surface area contributed by atoms with Crippen LogP contribution in [0.1, 0.15) is 52.9 Å². The van der Waals surface area contributed by atoms with E-state index in [9.17, 15) is 0 Å². The Kier molecular flexibility index (Phi) is 7.87. The fraction of sp³-hybridized carbons (Fsp3) is 1.00. The Bertz CT molecular complexity index is 174. The van der Waals surface area contributed by atoms with Crippen LogP contribution >= 0.6 is 0 Å². The van der Waals surface area contributed by atoms with Crippen LogP contribution in [0.25, 0.3) is 0 Å². The standard InChI is InChI=1S/C15H31NO/c1-13(2)12-17-11-10-16-9-8-15-6-4-14(3)5-7-15/h13-16H,4-12H2,1-3H3. The zero-order valence-corrected chi connectivity index (χ0v) is 12.0. The molecule has 2 heteroatoms. The van der Waals surface area contributed by atoms with Crippen molar-refractivity contribution in [3.63, 3.8) is 0 Å². The van der Waals surface area contributed by atoms with Gasteiger partial charge in [-0.15, -0.1) is 0 Å². The predicted octanol–water partition coefficient (Wildman–Crippen LogP) is 3.47. The molecule has 0 radical (unpaired) electrons. The number of hydrogen-bond donors (Lipinski definition) is 1. The van der Waals surface area contributed by atoms with E-state index in [0.717, 1.165) is 31.6 Å².